The second-order valence-electron chi connectivity index (χ2n) is 7.93. The number of rotatable bonds is 4. The molecule has 0 spiro atoms. The summed E-state index contributed by atoms with van der Waals surface area (Å²) in [4.78, 5) is 20.8. The number of aromatic nitrogens is 7. The first-order valence-corrected chi connectivity index (χ1v) is 9.80. The van der Waals surface area contributed by atoms with Crippen LogP contribution in [0.4, 0.5) is 5.95 Å². The van der Waals surface area contributed by atoms with Crippen molar-refractivity contribution in [2.24, 2.45) is 7.05 Å². The standard InChI is InChI=1S/C21H24N8/c1-12-22-13(2)29(26-12)19-11-17(24-21(25-19)27(3)4)14-10-15(14)20-23-16-8-6-7-9-18(16)28(20)5/h6-9,11,14-15H,10H2,1-5H3/t14-,15-/m0/s1. The zero-order valence-corrected chi connectivity index (χ0v) is 17.3. The monoisotopic (exact) mass is 388 g/mol. The lowest BCUT2D eigenvalue weighted by molar-refractivity contribution is 0.773. The third-order valence-corrected chi connectivity index (χ3v) is 5.54. The lowest BCUT2D eigenvalue weighted by Gasteiger charge is -2.14. The van der Waals surface area contributed by atoms with Gasteiger partial charge in [-0.25, -0.2) is 15.0 Å². The maximum absolute atomic E-state index is 4.89. The molecule has 3 heterocycles. The van der Waals surface area contributed by atoms with Gasteiger partial charge in [0.15, 0.2) is 5.82 Å². The maximum Gasteiger partial charge on any atom is 0.227 e. The van der Waals surface area contributed by atoms with Crippen molar-refractivity contribution >= 4 is 17.0 Å². The van der Waals surface area contributed by atoms with E-state index >= 15 is 0 Å². The lowest BCUT2D eigenvalue weighted by Crippen LogP contribution is -2.16. The second kappa shape index (κ2) is 6.37. The van der Waals surface area contributed by atoms with E-state index in [-0.39, 0.29) is 0 Å². The van der Waals surface area contributed by atoms with Gasteiger partial charge >= 0.3 is 0 Å². The van der Waals surface area contributed by atoms with Crippen LogP contribution >= 0.6 is 0 Å². The van der Waals surface area contributed by atoms with Crippen LogP contribution in [-0.4, -0.2) is 48.4 Å². The van der Waals surface area contributed by atoms with Gasteiger partial charge in [-0.1, -0.05) is 12.1 Å². The van der Waals surface area contributed by atoms with E-state index < -0.39 is 0 Å². The number of para-hydroxylation sites is 2. The van der Waals surface area contributed by atoms with E-state index in [1.807, 2.05) is 45.0 Å². The van der Waals surface area contributed by atoms with Gasteiger partial charge in [-0.15, -0.1) is 5.10 Å². The molecule has 1 aliphatic carbocycles. The Hall–Kier alpha value is -3.29. The van der Waals surface area contributed by atoms with Crippen molar-refractivity contribution < 1.29 is 0 Å². The SMILES string of the molecule is Cc1nc(C)n(-c2cc([C@H]3C[C@@H]3c3nc4ccccc4n3C)nc(N(C)C)n2)n1. The second-order valence-corrected chi connectivity index (χ2v) is 7.93. The number of benzene rings is 1. The van der Waals surface area contributed by atoms with Crippen LogP contribution in [0.2, 0.25) is 0 Å². The van der Waals surface area contributed by atoms with E-state index in [2.05, 4.69) is 39.9 Å². The normalized spacial score (nSPS) is 18.4. The zero-order valence-electron chi connectivity index (χ0n) is 17.3. The highest BCUT2D eigenvalue weighted by Crippen LogP contribution is 2.54. The highest BCUT2D eigenvalue weighted by molar-refractivity contribution is 5.76. The van der Waals surface area contributed by atoms with Gasteiger partial charge in [-0.2, -0.15) is 9.67 Å². The predicted molar refractivity (Wildman–Crippen MR) is 112 cm³/mol. The zero-order chi connectivity index (χ0) is 20.3. The van der Waals surface area contributed by atoms with Crippen molar-refractivity contribution in [1.82, 2.24) is 34.3 Å². The Morgan fingerprint density at radius 2 is 1.79 bits per heavy atom. The minimum Gasteiger partial charge on any atom is -0.347 e. The molecule has 5 rings (SSSR count). The van der Waals surface area contributed by atoms with E-state index in [1.165, 1.54) is 5.52 Å². The molecule has 1 saturated carbocycles. The van der Waals surface area contributed by atoms with Crippen molar-refractivity contribution in [2.45, 2.75) is 32.1 Å². The van der Waals surface area contributed by atoms with Gasteiger partial charge in [0.1, 0.15) is 17.5 Å². The third kappa shape index (κ3) is 2.95. The van der Waals surface area contributed by atoms with Crippen LogP contribution in [0.15, 0.2) is 30.3 Å². The third-order valence-electron chi connectivity index (χ3n) is 5.54. The first kappa shape index (κ1) is 17.8. The highest BCUT2D eigenvalue weighted by Gasteiger charge is 2.44. The van der Waals surface area contributed by atoms with E-state index in [4.69, 9.17) is 15.0 Å². The Kier molecular flexibility index (Phi) is 3.90. The number of imidazole rings is 1. The molecule has 0 amide bonds. The molecule has 0 N–H and O–H groups in total. The molecule has 4 aromatic rings. The van der Waals surface area contributed by atoms with E-state index in [1.54, 1.807) is 4.68 Å². The summed E-state index contributed by atoms with van der Waals surface area (Å²) in [6, 6.07) is 10.3. The first-order chi connectivity index (χ1) is 13.9. The van der Waals surface area contributed by atoms with Gasteiger partial charge in [0.2, 0.25) is 5.95 Å². The summed E-state index contributed by atoms with van der Waals surface area (Å²) >= 11 is 0. The minimum absolute atomic E-state index is 0.330. The van der Waals surface area contributed by atoms with Crippen LogP contribution in [0, 0.1) is 13.8 Å². The molecule has 0 bridgehead atoms. The van der Waals surface area contributed by atoms with Crippen LogP contribution in [0.3, 0.4) is 0 Å². The molecule has 3 aromatic heterocycles. The molecule has 0 aliphatic heterocycles. The van der Waals surface area contributed by atoms with Crippen LogP contribution in [0.1, 0.15) is 41.4 Å². The quantitative estimate of drug-likeness (QED) is 0.535. The molecular weight excluding hydrogens is 364 g/mol. The smallest absolute Gasteiger partial charge is 0.227 e. The van der Waals surface area contributed by atoms with E-state index in [0.717, 1.165) is 40.9 Å². The van der Waals surface area contributed by atoms with Gasteiger partial charge in [0, 0.05) is 39.0 Å². The fourth-order valence-corrected chi connectivity index (χ4v) is 3.98. The molecule has 1 fully saturated rings. The van der Waals surface area contributed by atoms with Crippen LogP contribution in [0.5, 0.6) is 0 Å². The van der Waals surface area contributed by atoms with Gasteiger partial charge in [-0.05, 0) is 32.4 Å². The number of hydrogen-bond donors (Lipinski definition) is 0. The van der Waals surface area contributed by atoms with Gasteiger partial charge in [-0.3, -0.25) is 0 Å². The predicted octanol–water partition coefficient (Wildman–Crippen LogP) is 2.90. The summed E-state index contributed by atoms with van der Waals surface area (Å²) in [6.07, 6.45) is 1.04. The van der Waals surface area contributed by atoms with Gasteiger partial charge < -0.3 is 9.47 Å². The summed E-state index contributed by atoms with van der Waals surface area (Å²) in [5, 5.41) is 4.50. The molecule has 2 atom stereocenters. The van der Waals surface area contributed by atoms with E-state index in [0.29, 0.717) is 17.8 Å². The van der Waals surface area contributed by atoms with E-state index in [9.17, 15) is 0 Å². The number of aryl methyl sites for hydroxylation is 3. The summed E-state index contributed by atoms with van der Waals surface area (Å²) in [7, 11) is 6.01. The number of fused-ring (bicyclic) bond motifs is 1. The van der Waals surface area contributed by atoms with Crippen molar-refractivity contribution in [1.29, 1.82) is 0 Å². The first-order valence-electron chi connectivity index (χ1n) is 9.80. The van der Waals surface area contributed by atoms with Gasteiger partial charge in [0.25, 0.3) is 0 Å². The Bertz CT molecular complexity index is 1220. The molecule has 8 heteroatoms. The molecule has 0 unspecified atom stereocenters. The summed E-state index contributed by atoms with van der Waals surface area (Å²) in [5.74, 6) is 4.81. The molecule has 0 saturated heterocycles. The maximum atomic E-state index is 4.89. The molecule has 148 valence electrons. The van der Waals surface area contributed by atoms with Crippen LogP contribution in [-0.2, 0) is 7.05 Å². The summed E-state index contributed by atoms with van der Waals surface area (Å²) < 4.78 is 4.00. The lowest BCUT2D eigenvalue weighted by atomic mass is 10.2. The van der Waals surface area contributed by atoms with Crippen molar-refractivity contribution in [3.05, 3.63) is 53.5 Å². The Morgan fingerprint density at radius 3 is 2.48 bits per heavy atom. The van der Waals surface area contributed by atoms with Crippen LogP contribution < -0.4 is 4.90 Å². The molecule has 29 heavy (non-hydrogen) atoms. The number of hydrogen-bond acceptors (Lipinski definition) is 6. The topological polar surface area (TPSA) is 77.5 Å². The van der Waals surface area contributed by atoms with Crippen molar-refractivity contribution in [3.63, 3.8) is 0 Å². The summed E-state index contributed by atoms with van der Waals surface area (Å²) in [6.45, 7) is 3.83. The molecule has 8 nitrogen and oxygen atoms in total. The van der Waals surface area contributed by atoms with Crippen molar-refractivity contribution in [2.75, 3.05) is 19.0 Å². The fourth-order valence-electron chi connectivity index (χ4n) is 3.98. The molecule has 1 aliphatic rings. The van der Waals surface area contributed by atoms with Gasteiger partial charge in [0.05, 0.1) is 16.7 Å². The average molecular weight is 388 g/mol. The Balaban J connectivity index is 1.54. The highest BCUT2D eigenvalue weighted by atomic mass is 15.4. The molecule has 0 radical (unpaired) electrons. The minimum atomic E-state index is 0.330. The van der Waals surface area contributed by atoms with Crippen molar-refractivity contribution in [3.8, 4) is 5.82 Å². The average Bonchev–Trinajstić information content (AvgIpc) is 3.33. The fraction of sp³-hybridized carbons (Fsp3) is 0.381. The number of nitrogens with zero attached hydrogens (tertiary/aromatic N) is 8. The summed E-state index contributed by atoms with van der Waals surface area (Å²) in [5.41, 5.74) is 3.24. The number of anilines is 1. The Labute approximate surface area is 169 Å². The largest absolute Gasteiger partial charge is 0.347 e. The molecular formula is C21H24N8. The Morgan fingerprint density at radius 1 is 1.00 bits per heavy atom. The van der Waals surface area contributed by atoms with Crippen LogP contribution in [0.25, 0.3) is 16.9 Å². The molecule has 1 aromatic carbocycles.